The summed E-state index contributed by atoms with van der Waals surface area (Å²) in [5, 5.41) is 18.5. The minimum atomic E-state index is -4.57. The van der Waals surface area contributed by atoms with Crippen molar-refractivity contribution in [1.82, 2.24) is 25.0 Å². The quantitative estimate of drug-likeness (QED) is 0.551. The number of aromatic amines is 1. The molecule has 0 bridgehead atoms. The smallest absolute Gasteiger partial charge is 0.447 e. The first-order valence-corrected chi connectivity index (χ1v) is 8.51. The minimum Gasteiger partial charge on any atom is -0.477 e. The summed E-state index contributed by atoms with van der Waals surface area (Å²) >= 11 is 8.48. The first kappa shape index (κ1) is 20.3. The highest BCUT2D eigenvalue weighted by atomic mass is 79.9. The number of pyridine rings is 1. The molecule has 3 heterocycles. The zero-order chi connectivity index (χ0) is 19.3. The van der Waals surface area contributed by atoms with Gasteiger partial charge in [-0.15, -0.1) is 0 Å². The van der Waals surface area contributed by atoms with Crippen LogP contribution >= 0.6 is 39.3 Å². The van der Waals surface area contributed by atoms with Crippen LogP contribution in [0.5, 0.6) is 0 Å². The zero-order valence-electron chi connectivity index (χ0n) is 12.4. The first-order chi connectivity index (χ1) is 12.2. The number of carboxylic acids is 1. The molecule has 2 N–H and O–H groups in total. The summed E-state index contributed by atoms with van der Waals surface area (Å²) in [7, 11) is 0. The standard InChI is InChI=1S/C10H5ClF3N3O2S.C3H3BrN2/c11-5-2-1-3-15-8(5)17-6(9(18)19)4-7(16-17)20-10(12,13)14;4-3-1-2-5-6-3/h1-4H,(H,18,19);1-2H,(H,5,6). The van der Waals surface area contributed by atoms with E-state index < -0.39 is 34.0 Å². The molecule has 3 aromatic heterocycles. The van der Waals surface area contributed by atoms with Crippen molar-refractivity contribution in [2.45, 2.75) is 10.5 Å². The Hall–Kier alpha value is -2.05. The van der Waals surface area contributed by atoms with Gasteiger partial charge in [0.05, 0.1) is 5.02 Å². The van der Waals surface area contributed by atoms with Gasteiger partial charge in [0.15, 0.2) is 11.5 Å². The van der Waals surface area contributed by atoms with Crippen molar-refractivity contribution in [3.8, 4) is 5.82 Å². The molecule has 13 heteroatoms. The van der Waals surface area contributed by atoms with Crippen molar-refractivity contribution in [1.29, 1.82) is 0 Å². The highest BCUT2D eigenvalue weighted by molar-refractivity contribution is 9.10. The lowest BCUT2D eigenvalue weighted by Gasteiger charge is -2.05. The number of hydrogen-bond acceptors (Lipinski definition) is 5. The van der Waals surface area contributed by atoms with Gasteiger partial charge in [0, 0.05) is 30.2 Å². The lowest BCUT2D eigenvalue weighted by Crippen LogP contribution is -2.09. The summed E-state index contributed by atoms with van der Waals surface area (Å²) in [6, 6.07) is 5.57. The summed E-state index contributed by atoms with van der Waals surface area (Å²) in [4.78, 5) is 14.9. The van der Waals surface area contributed by atoms with Gasteiger partial charge >= 0.3 is 11.5 Å². The fraction of sp³-hybridized carbons (Fsp3) is 0.0769. The molecule has 3 aromatic rings. The van der Waals surface area contributed by atoms with Gasteiger partial charge in [-0.2, -0.15) is 23.4 Å². The third-order valence-corrected chi connectivity index (χ3v) is 3.91. The predicted molar refractivity (Wildman–Crippen MR) is 91.5 cm³/mol. The molecule has 0 amide bonds. The maximum Gasteiger partial charge on any atom is 0.447 e. The molecule has 26 heavy (non-hydrogen) atoms. The van der Waals surface area contributed by atoms with E-state index in [-0.39, 0.29) is 10.8 Å². The van der Waals surface area contributed by atoms with Gasteiger partial charge < -0.3 is 5.11 Å². The zero-order valence-corrected chi connectivity index (χ0v) is 15.6. The number of aromatic nitrogens is 5. The normalized spacial score (nSPS) is 11.0. The number of carbonyl (C=O) groups is 1. The molecule has 0 radical (unpaired) electrons. The molecule has 0 aromatic carbocycles. The Labute approximate surface area is 161 Å². The van der Waals surface area contributed by atoms with Crippen LogP contribution < -0.4 is 0 Å². The van der Waals surface area contributed by atoms with Crippen molar-refractivity contribution in [2.75, 3.05) is 0 Å². The summed E-state index contributed by atoms with van der Waals surface area (Å²) in [6.07, 6.45) is 3.01. The minimum absolute atomic E-state index is 0.0550. The topological polar surface area (TPSA) is 96.7 Å². The summed E-state index contributed by atoms with van der Waals surface area (Å²) in [5.41, 5.74) is -5.03. The second-order valence-electron chi connectivity index (χ2n) is 4.35. The van der Waals surface area contributed by atoms with E-state index in [0.717, 1.165) is 15.4 Å². The number of alkyl halides is 3. The summed E-state index contributed by atoms with van der Waals surface area (Å²) in [5.74, 6) is -1.49. The molecule has 0 aliphatic heterocycles. The van der Waals surface area contributed by atoms with Crippen LogP contribution in [-0.2, 0) is 0 Å². The molecule has 0 aliphatic rings. The van der Waals surface area contributed by atoms with Crippen LogP contribution in [0.15, 0.2) is 46.3 Å². The molecule has 7 nitrogen and oxygen atoms in total. The molecule has 0 spiro atoms. The van der Waals surface area contributed by atoms with Gasteiger partial charge in [0.2, 0.25) is 0 Å². The number of thioether (sulfide) groups is 1. The number of aromatic carboxylic acids is 1. The van der Waals surface area contributed by atoms with Crippen LogP contribution in [0.25, 0.3) is 5.82 Å². The Morgan fingerprint density at radius 1 is 1.35 bits per heavy atom. The summed E-state index contributed by atoms with van der Waals surface area (Å²) in [6.45, 7) is 0. The fourth-order valence-corrected chi connectivity index (χ4v) is 2.57. The second kappa shape index (κ2) is 8.56. The molecular weight excluding hydrogens is 463 g/mol. The molecular formula is C13H8BrClF3N5O2S. The third-order valence-electron chi connectivity index (χ3n) is 2.53. The predicted octanol–water partition coefficient (Wildman–Crippen LogP) is 4.40. The van der Waals surface area contributed by atoms with Crippen molar-refractivity contribution < 1.29 is 23.1 Å². The number of rotatable bonds is 3. The number of carboxylic acid groups (broad SMARTS) is 1. The van der Waals surface area contributed by atoms with E-state index in [9.17, 15) is 18.0 Å². The van der Waals surface area contributed by atoms with Crippen LogP contribution in [0.2, 0.25) is 5.02 Å². The Bertz CT molecular complexity index is 888. The van der Waals surface area contributed by atoms with Gasteiger partial charge in [0.25, 0.3) is 0 Å². The first-order valence-electron chi connectivity index (χ1n) is 6.52. The molecule has 0 saturated carbocycles. The van der Waals surface area contributed by atoms with Gasteiger partial charge in [-0.25, -0.2) is 14.5 Å². The molecule has 0 saturated heterocycles. The average molecular weight is 471 g/mol. The van der Waals surface area contributed by atoms with Crippen molar-refractivity contribution in [3.63, 3.8) is 0 Å². The van der Waals surface area contributed by atoms with Crippen molar-refractivity contribution in [3.05, 3.63) is 52.0 Å². The van der Waals surface area contributed by atoms with Crippen LogP contribution in [0.1, 0.15) is 10.5 Å². The number of H-pyrrole nitrogens is 1. The van der Waals surface area contributed by atoms with E-state index in [1.807, 2.05) is 6.07 Å². The van der Waals surface area contributed by atoms with Gasteiger partial charge in [-0.1, -0.05) is 11.6 Å². The molecule has 138 valence electrons. The molecule has 0 unspecified atom stereocenters. The van der Waals surface area contributed by atoms with Gasteiger partial charge in [-0.05, 0) is 34.1 Å². The van der Waals surface area contributed by atoms with Crippen LogP contribution in [-0.4, -0.2) is 41.5 Å². The maximum absolute atomic E-state index is 12.3. The van der Waals surface area contributed by atoms with Gasteiger partial charge in [0.1, 0.15) is 9.63 Å². The average Bonchev–Trinajstić information content (AvgIpc) is 3.16. The summed E-state index contributed by atoms with van der Waals surface area (Å²) < 4.78 is 38.6. The lowest BCUT2D eigenvalue weighted by molar-refractivity contribution is -0.0329. The van der Waals surface area contributed by atoms with Gasteiger partial charge in [-0.3, -0.25) is 5.10 Å². The Morgan fingerprint density at radius 3 is 2.54 bits per heavy atom. The molecule has 3 rings (SSSR count). The number of nitrogens with one attached hydrogen (secondary N) is 1. The Balaban J connectivity index is 0.000000342. The van der Waals surface area contributed by atoms with E-state index in [1.54, 1.807) is 6.20 Å². The van der Waals surface area contributed by atoms with Crippen molar-refractivity contribution in [2.24, 2.45) is 0 Å². The lowest BCUT2D eigenvalue weighted by atomic mass is 10.4. The number of nitrogens with zero attached hydrogens (tertiary/aromatic N) is 4. The van der Waals surface area contributed by atoms with E-state index in [4.69, 9.17) is 16.7 Å². The molecule has 0 fully saturated rings. The van der Waals surface area contributed by atoms with Crippen LogP contribution in [0.3, 0.4) is 0 Å². The van der Waals surface area contributed by atoms with Crippen molar-refractivity contribution >= 4 is 45.3 Å². The fourth-order valence-electron chi connectivity index (χ4n) is 1.61. The second-order valence-corrected chi connectivity index (χ2v) is 6.69. The van der Waals surface area contributed by atoms with Crippen LogP contribution in [0.4, 0.5) is 13.2 Å². The molecule has 0 aliphatic carbocycles. The Kier molecular flexibility index (Phi) is 6.67. The highest BCUT2D eigenvalue weighted by Gasteiger charge is 2.32. The third kappa shape index (κ3) is 5.75. The highest BCUT2D eigenvalue weighted by Crippen LogP contribution is 2.36. The van der Waals surface area contributed by atoms with E-state index in [2.05, 4.69) is 36.2 Å². The van der Waals surface area contributed by atoms with E-state index in [1.165, 1.54) is 18.3 Å². The van der Waals surface area contributed by atoms with Crippen LogP contribution in [0, 0.1) is 0 Å². The monoisotopic (exact) mass is 469 g/mol. The number of hydrogen-bond donors (Lipinski definition) is 2. The maximum atomic E-state index is 12.3. The molecule has 0 atom stereocenters. The van der Waals surface area contributed by atoms with E-state index in [0.29, 0.717) is 0 Å². The Morgan fingerprint density at radius 2 is 2.08 bits per heavy atom. The largest absolute Gasteiger partial charge is 0.477 e. The SMILES string of the molecule is Brc1ccn[nH]1.O=C(O)c1cc(SC(F)(F)F)nn1-c1ncccc1Cl. The number of halogens is 5. The van der Waals surface area contributed by atoms with E-state index >= 15 is 0 Å².